The minimum absolute atomic E-state index is 0.0359. The van der Waals surface area contributed by atoms with Crippen LogP contribution in [0.25, 0.3) is 11.3 Å². The number of hydrogen-bond donors (Lipinski definition) is 1. The van der Waals surface area contributed by atoms with Crippen molar-refractivity contribution in [2.24, 2.45) is 5.84 Å². The quantitative estimate of drug-likeness (QED) is 0.393. The molecule has 0 aliphatic carbocycles. The fourth-order valence-corrected chi connectivity index (χ4v) is 3.00. The molecule has 0 fully saturated rings. The number of carbonyl (C=O) groups excluding carboxylic acids is 1. The number of nitrogens with zero attached hydrogens (tertiary/aromatic N) is 2. The van der Waals surface area contributed by atoms with Crippen molar-refractivity contribution in [2.45, 2.75) is 6.92 Å². The van der Waals surface area contributed by atoms with E-state index in [1.165, 1.54) is 6.92 Å². The average molecular weight is 398 g/mol. The Morgan fingerprint density at radius 1 is 1.19 bits per heavy atom. The molecule has 1 aromatic heterocycles. The second-order valence-electron chi connectivity index (χ2n) is 5.33. The van der Waals surface area contributed by atoms with Crippen LogP contribution < -0.4 is 10.9 Å². The van der Waals surface area contributed by atoms with Crippen LogP contribution in [0.3, 0.4) is 0 Å². The smallest absolute Gasteiger partial charge is 0.278 e. The largest absolute Gasteiger partial charge is 0.360 e. The first-order valence-electron chi connectivity index (χ1n) is 7.26. The van der Waals surface area contributed by atoms with Crippen molar-refractivity contribution in [2.75, 3.05) is 5.01 Å². The van der Waals surface area contributed by atoms with E-state index in [-0.39, 0.29) is 38.3 Å². The van der Waals surface area contributed by atoms with E-state index in [2.05, 4.69) is 5.16 Å². The first kappa shape index (κ1) is 18.3. The molecular formula is C17H11Cl2F2N3O2. The third kappa shape index (κ3) is 3.16. The van der Waals surface area contributed by atoms with Gasteiger partial charge >= 0.3 is 0 Å². The number of carbonyl (C=O) groups is 1. The van der Waals surface area contributed by atoms with Crippen LogP contribution in [-0.4, -0.2) is 11.1 Å². The van der Waals surface area contributed by atoms with Gasteiger partial charge in [-0.1, -0.05) is 34.4 Å². The van der Waals surface area contributed by atoms with Crippen molar-refractivity contribution in [3.8, 4) is 11.3 Å². The predicted octanol–water partition coefficient (Wildman–Crippen LogP) is 4.76. The molecule has 0 saturated carbocycles. The Balaban J connectivity index is 2.10. The van der Waals surface area contributed by atoms with Gasteiger partial charge in [-0.2, -0.15) is 0 Å². The number of benzene rings is 2. The summed E-state index contributed by atoms with van der Waals surface area (Å²) in [4.78, 5) is 12.8. The van der Waals surface area contributed by atoms with Gasteiger partial charge in [0.25, 0.3) is 5.91 Å². The van der Waals surface area contributed by atoms with Gasteiger partial charge in [0.2, 0.25) is 0 Å². The normalized spacial score (nSPS) is 10.8. The van der Waals surface area contributed by atoms with Crippen molar-refractivity contribution in [3.63, 3.8) is 0 Å². The molecule has 0 atom stereocenters. The molecule has 1 amide bonds. The summed E-state index contributed by atoms with van der Waals surface area (Å²) < 4.78 is 32.1. The zero-order valence-electron chi connectivity index (χ0n) is 13.3. The van der Waals surface area contributed by atoms with E-state index in [0.29, 0.717) is 11.1 Å². The Morgan fingerprint density at radius 3 is 2.46 bits per heavy atom. The van der Waals surface area contributed by atoms with E-state index in [4.69, 9.17) is 33.6 Å². The number of nitrogens with two attached hydrogens (primary N) is 1. The zero-order chi connectivity index (χ0) is 19.0. The summed E-state index contributed by atoms with van der Waals surface area (Å²) in [6.07, 6.45) is 0. The van der Waals surface area contributed by atoms with Crippen molar-refractivity contribution in [1.82, 2.24) is 5.16 Å². The molecule has 0 radical (unpaired) electrons. The van der Waals surface area contributed by atoms with Crippen LogP contribution in [0.1, 0.15) is 16.1 Å². The molecule has 1 heterocycles. The number of hydrazine groups is 1. The first-order chi connectivity index (χ1) is 12.3. The lowest BCUT2D eigenvalue weighted by Crippen LogP contribution is -2.38. The second kappa shape index (κ2) is 7.03. The topological polar surface area (TPSA) is 72.4 Å². The number of aryl methyl sites for hydroxylation is 1. The molecule has 2 N–H and O–H groups in total. The Morgan fingerprint density at radius 2 is 1.85 bits per heavy atom. The molecule has 134 valence electrons. The van der Waals surface area contributed by atoms with E-state index in [1.807, 2.05) is 0 Å². The summed E-state index contributed by atoms with van der Waals surface area (Å²) in [6, 6.07) is 7.42. The molecular weight excluding hydrogens is 387 g/mol. The highest BCUT2D eigenvalue weighted by molar-refractivity contribution is 6.39. The molecule has 5 nitrogen and oxygen atoms in total. The summed E-state index contributed by atoms with van der Waals surface area (Å²) in [5, 5.41) is 4.88. The summed E-state index contributed by atoms with van der Waals surface area (Å²) in [5.74, 6) is 3.29. The maximum Gasteiger partial charge on any atom is 0.278 e. The Kier molecular flexibility index (Phi) is 4.95. The monoisotopic (exact) mass is 397 g/mol. The lowest BCUT2D eigenvalue weighted by Gasteiger charge is -2.17. The highest BCUT2D eigenvalue weighted by atomic mass is 35.5. The lowest BCUT2D eigenvalue weighted by atomic mass is 10.0. The summed E-state index contributed by atoms with van der Waals surface area (Å²) in [7, 11) is 0. The lowest BCUT2D eigenvalue weighted by molar-refractivity contribution is 0.0985. The van der Waals surface area contributed by atoms with Crippen LogP contribution in [-0.2, 0) is 0 Å². The van der Waals surface area contributed by atoms with E-state index < -0.39 is 17.5 Å². The first-order valence-corrected chi connectivity index (χ1v) is 8.01. The van der Waals surface area contributed by atoms with Crippen LogP contribution in [0.4, 0.5) is 14.5 Å². The minimum atomic E-state index is -0.993. The maximum atomic E-state index is 14.0. The number of halogens is 4. The number of aromatic nitrogens is 1. The maximum absolute atomic E-state index is 14.0. The number of anilines is 1. The van der Waals surface area contributed by atoms with E-state index in [9.17, 15) is 13.6 Å². The van der Waals surface area contributed by atoms with Gasteiger partial charge in [0.1, 0.15) is 22.8 Å². The van der Waals surface area contributed by atoms with Gasteiger partial charge in [0.15, 0.2) is 5.82 Å². The van der Waals surface area contributed by atoms with Gasteiger partial charge in [-0.15, -0.1) is 0 Å². The minimum Gasteiger partial charge on any atom is -0.360 e. The van der Waals surface area contributed by atoms with Gasteiger partial charge in [-0.05, 0) is 31.2 Å². The SMILES string of the molecule is Cc1onc(-c2c(Cl)cccc2Cl)c1C(=O)N(N)c1ccc(F)cc1F. The fraction of sp³-hybridized carbons (Fsp3) is 0.0588. The molecule has 2 aromatic carbocycles. The van der Waals surface area contributed by atoms with Gasteiger partial charge in [-0.25, -0.2) is 19.6 Å². The number of amides is 1. The highest BCUT2D eigenvalue weighted by Crippen LogP contribution is 2.37. The molecule has 3 rings (SSSR count). The van der Waals surface area contributed by atoms with Crippen LogP contribution in [0.5, 0.6) is 0 Å². The molecule has 0 saturated heterocycles. The molecule has 0 spiro atoms. The van der Waals surface area contributed by atoms with E-state index in [0.717, 1.165) is 12.1 Å². The van der Waals surface area contributed by atoms with Crippen LogP contribution >= 0.6 is 23.2 Å². The molecule has 0 bridgehead atoms. The fourth-order valence-electron chi connectivity index (χ4n) is 2.43. The zero-order valence-corrected chi connectivity index (χ0v) is 14.8. The standard InChI is InChI=1S/C17H11Cl2F2N3O2/c1-8-14(16(23-26-8)15-10(18)3-2-4-11(15)19)17(25)24(22)13-6-5-9(20)7-12(13)21/h2-7H,22H2,1H3. The van der Waals surface area contributed by atoms with Crippen LogP contribution in [0, 0.1) is 18.6 Å². The number of hydrogen-bond acceptors (Lipinski definition) is 4. The highest BCUT2D eigenvalue weighted by Gasteiger charge is 2.29. The number of rotatable bonds is 3. The van der Waals surface area contributed by atoms with E-state index in [1.54, 1.807) is 18.2 Å². The van der Waals surface area contributed by atoms with Crippen molar-refractivity contribution in [1.29, 1.82) is 0 Å². The molecule has 0 unspecified atom stereocenters. The van der Waals surface area contributed by atoms with Crippen molar-refractivity contribution < 1.29 is 18.1 Å². The molecule has 3 aromatic rings. The molecule has 9 heteroatoms. The van der Waals surface area contributed by atoms with Crippen molar-refractivity contribution >= 4 is 34.8 Å². The van der Waals surface area contributed by atoms with Gasteiger partial charge in [0, 0.05) is 11.6 Å². The summed E-state index contributed by atoms with van der Waals surface area (Å²) in [6.45, 7) is 1.49. The Labute approximate surface area is 156 Å². The molecule has 0 aliphatic rings. The van der Waals surface area contributed by atoms with Crippen LogP contribution in [0.15, 0.2) is 40.9 Å². The van der Waals surface area contributed by atoms with E-state index >= 15 is 0 Å². The predicted molar refractivity (Wildman–Crippen MR) is 94.1 cm³/mol. The third-order valence-corrected chi connectivity index (χ3v) is 4.29. The third-order valence-electron chi connectivity index (χ3n) is 3.66. The molecule has 26 heavy (non-hydrogen) atoms. The van der Waals surface area contributed by atoms with Gasteiger partial charge in [-0.3, -0.25) is 4.79 Å². The van der Waals surface area contributed by atoms with Gasteiger partial charge < -0.3 is 4.52 Å². The second-order valence-corrected chi connectivity index (χ2v) is 6.14. The summed E-state index contributed by atoms with van der Waals surface area (Å²) in [5.41, 5.74) is 0.00418. The summed E-state index contributed by atoms with van der Waals surface area (Å²) >= 11 is 12.3. The van der Waals surface area contributed by atoms with Crippen LogP contribution in [0.2, 0.25) is 10.0 Å². The van der Waals surface area contributed by atoms with Crippen molar-refractivity contribution in [3.05, 3.63) is 69.4 Å². The average Bonchev–Trinajstić information content (AvgIpc) is 2.95. The molecule has 0 aliphatic heterocycles. The Bertz CT molecular complexity index is 987. The Hall–Kier alpha value is -2.48. The van der Waals surface area contributed by atoms with Gasteiger partial charge in [0.05, 0.1) is 15.7 Å².